The first-order chi connectivity index (χ1) is 6.66. The Morgan fingerprint density at radius 2 is 2.00 bits per heavy atom. The molecule has 0 bridgehead atoms. The summed E-state index contributed by atoms with van der Waals surface area (Å²) >= 11 is 0. The molecule has 1 aromatic carbocycles. The largest absolute Gasteiger partial charge is 0.382 e. The van der Waals surface area contributed by atoms with E-state index in [0.29, 0.717) is 6.04 Å². The maximum absolute atomic E-state index is 3.60. The molecule has 0 aliphatic heterocycles. The minimum Gasteiger partial charge on any atom is -0.382 e. The molecule has 1 fully saturated rings. The number of hydrogen-bond acceptors (Lipinski definition) is 1. The first-order valence-electron chi connectivity index (χ1n) is 5.50. The van der Waals surface area contributed by atoms with Crippen LogP contribution in [-0.4, -0.2) is 6.04 Å². The molecular formula is C13H19N. The molecule has 1 aromatic rings. The highest BCUT2D eigenvalue weighted by molar-refractivity contribution is 5.52. The fourth-order valence-corrected chi connectivity index (χ4v) is 1.93. The lowest BCUT2D eigenvalue weighted by Gasteiger charge is -2.16. The van der Waals surface area contributed by atoms with Gasteiger partial charge in [-0.1, -0.05) is 17.7 Å². The van der Waals surface area contributed by atoms with Crippen LogP contribution in [0.15, 0.2) is 18.2 Å². The van der Waals surface area contributed by atoms with Gasteiger partial charge in [0.1, 0.15) is 0 Å². The molecule has 0 amide bonds. The standard InChI is InChI=1S/C13H19N/c1-9-4-7-13(10(2)8-9)14-11(3)12-5-6-12/h4,7-8,11-12,14H,5-6H2,1-3H3. The molecule has 0 spiro atoms. The second-order valence-corrected chi connectivity index (χ2v) is 4.59. The van der Waals surface area contributed by atoms with Crippen molar-refractivity contribution in [2.24, 2.45) is 5.92 Å². The molecule has 0 heterocycles. The van der Waals surface area contributed by atoms with Crippen molar-refractivity contribution in [2.75, 3.05) is 5.32 Å². The van der Waals surface area contributed by atoms with Crippen LogP contribution in [0.25, 0.3) is 0 Å². The third-order valence-corrected chi connectivity index (χ3v) is 3.09. The van der Waals surface area contributed by atoms with Crippen molar-refractivity contribution in [1.82, 2.24) is 0 Å². The Kier molecular flexibility index (Phi) is 2.49. The number of hydrogen-bond donors (Lipinski definition) is 1. The molecule has 0 aromatic heterocycles. The van der Waals surface area contributed by atoms with Crippen molar-refractivity contribution in [2.45, 2.75) is 39.7 Å². The van der Waals surface area contributed by atoms with Crippen LogP contribution >= 0.6 is 0 Å². The van der Waals surface area contributed by atoms with Crippen LogP contribution in [0.4, 0.5) is 5.69 Å². The molecule has 0 radical (unpaired) electrons. The maximum Gasteiger partial charge on any atom is 0.0372 e. The summed E-state index contributed by atoms with van der Waals surface area (Å²) in [5.41, 5.74) is 4.00. The topological polar surface area (TPSA) is 12.0 Å². The van der Waals surface area contributed by atoms with Crippen molar-refractivity contribution < 1.29 is 0 Å². The number of benzene rings is 1. The second kappa shape index (κ2) is 3.64. The van der Waals surface area contributed by atoms with E-state index in [-0.39, 0.29) is 0 Å². The van der Waals surface area contributed by atoms with Crippen LogP contribution in [0, 0.1) is 19.8 Å². The van der Waals surface area contributed by atoms with Gasteiger partial charge < -0.3 is 5.32 Å². The number of nitrogens with one attached hydrogen (secondary N) is 1. The Morgan fingerprint density at radius 1 is 1.29 bits per heavy atom. The third kappa shape index (κ3) is 2.09. The molecular weight excluding hydrogens is 170 g/mol. The lowest BCUT2D eigenvalue weighted by molar-refractivity contribution is 0.693. The highest BCUT2D eigenvalue weighted by Gasteiger charge is 2.27. The van der Waals surface area contributed by atoms with Crippen LogP contribution in [-0.2, 0) is 0 Å². The van der Waals surface area contributed by atoms with E-state index in [4.69, 9.17) is 0 Å². The van der Waals surface area contributed by atoms with E-state index in [2.05, 4.69) is 44.3 Å². The monoisotopic (exact) mass is 189 g/mol. The summed E-state index contributed by atoms with van der Waals surface area (Å²) in [7, 11) is 0. The molecule has 76 valence electrons. The summed E-state index contributed by atoms with van der Waals surface area (Å²) < 4.78 is 0. The van der Waals surface area contributed by atoms with Gasteiger partial charge in [0.05, 0.1) is 0 Å². The molecule has 0 saturated heterocycles. The van der Waals surface area contributed by atoms with Gasteiger partial charge in [-0.05, 0) is 51.2 Å². The van der Waals surface area contributed by atoms with Crippen LogP contribution in [0.1, 0.15) is 30.9 Å². The van der Waals surface area contributed by atoms with Gasteiger partial charge in [-0.25, -0.2) is 0 Å². The highest BCUT2D eigenvalue weighted by Crippen LogP contribution is 2.34. The van der Waals surface area contributed by atoms with Gasteiger partial charge in [0.25, 0.3) is 0 Å². The van der Waals surface area contributed by atoms with Gasteiger partial charge in [0.2, 0.25) is 0 Å². The summed E-state index contributed by atoms with van der Waals surface area (Å²) in [5, 5.41) is 3.60. The lowest BCUT2D eigenvalue weighted by Crippen LogP contribution is -2.17. The maximum atomic E-state index is 3.60. The summed E-state index contributed by atoms with van der Waals surface area (Å²) in [4.78, 5) is 0. The molecule has 1 aliphatic rings. The quantitative estimate of drug-likeness (QED) is 0.767. The first-order valence-corrected chi connectivity index (χ1v) is 5.50. The predicted octanol–water partition coefficient (Wildman–Crippen LogP) is 3.51. The third-order valence-electron chi connectivity index (χ3n) is 3.09. The molecule has 1 N–H and O–H groups in total. The van der Waals surface area contributed by atoms with E-state index in [1.807, 2.05) is 0 Å². The fraction of sp³-hybridized carbons (Fsp3) is 0.538. The van der Waals surface area contributed by atoms with Gasteiger partial charge in [-0.3, -0.25) is 0 Å². The van der Waals surface area contributed by atoms with Gasteiger partial charge >= 0.3 is 0 Å². The zero-order chi connectivity index (χ0) is 10.1. The lowest BCUT2D eigenvalue weighted by atomic mass is 10.1. The number of anilines is 1. The molecule has 2 rings (SSSR count). The molecule has 1 saturated carbocycles. The molecule has 1 nitrogen and oxygen atoms in total. The van der Waals surface area contributed by atoms with Gasteiger partial charge in [0.15, 0.2) is 0 Å². The minimum absolute atomic E-state index is 0.636. The Balaban J connectivity index is 2.07. The molecule has 1 atom stereocenters. The van der Waals surface area contributed by atoms with Crippen molar-refractivity contribution in [3.05, 3.63) is 29.3 Å². The summed E-state index contributed by atoms with van der Waals surface area (Å²) in [6.07, 6.45) is 2.80. The summed E-state index contributed by atoms with van der Waals surface area (Å²) in [6, 6.07) is 7.25. The van der Waals surface area contributed by atoms with E-state index < -0.39 is 0 Å². The summed E-state index contributed by atoms with van der Waals surface area (Å²) in [6.45, 7) is 6.60. The highest BCUT2D eigenvalue weighted by atomic mass is 14.9. The van der Waals surface area contributed by atoms with E-state index in [0.717, 1.165) is 5.92 Å². The Hall–Kier alpha value is -0.980. The smallest absolute Gasteiger partial charge is 0.0372 e. The number of aryl methyl sites for hydroxylation is 2. The van der Waals surface area contributed by atoms with E-state index in [1.54, 1.807) is 0 Å². The zero-order valence-electron chi connectivity index (χ0n) is 9.30. The molecule has 14 heavy (non-hydrogen) atoms. The average molecular weight is 189 g/mol. The van der Waals surface area contributed by atoms with Crippen LogP contribution in [0.5, 0.6) is 0 Å². The van der Waals surface area contributed by atoms with Crippen molar-refractivity contribution in [3.63, 3.8) is 0 Å². The Bertz CT molecular complexity index is 326. The van der Waals surface area contributed by atoms with E-state index in [9.17, 15) is 0 Å². The second-order valence-electron chi connectivity index (χ2n) is 4.59. The van der Waals surface area contributed by atoms with E-state index >= 15 is 0 Å². The average Bonchev–Trinajstić information content (AvgIpc) is 2.92. The van der Waals surface area contributed by atoms with Crippen LogP contribution < -0.4 is 5.32 Å². The van der Waals surface area contributed by atoms with Crippen molar-refractivity contribution in [1.29, 1.82) is 0 Å². The summed E-state index contributed by atoms with van der Waals surface area (Å²) in [5.74, 6) is 0.913. The predicted molar refractivity (Wildman–Crippen MR) is 61.7 cm³/mol. The Morgan fingerprint density at radius 3 is 2.57 bits per heavy atom. The molecule has 1 heteroatoms. The Labute approximate surface area is 86.5 Å². The van der Waals surface area contributed by atoms with Crippen molar-refractivity contribution in [3.8, 4) is 0 Å². The first kappa shape index (κ1) is 9.57. The van der Waals surface area contributed by atoms with Gasteiger partial charge in [-0.2, -0.15) is 0 Å². The zero-order valence-corrected chi connectivity index (χ0v) is 9.30. The van der Waals surface area contributed by atoms with Gasteiger partial charge in [-0.15, -0.1) is 0 Å². The molecule has 1 unspecified atom stereocenters. The van der Waals surface area contributed by atoms with Gasteiger partial charge in [0, 0.05) is 11.7 Å². The van der Waals surface area contributed by atoms with Crippen LogP contribution in [0.3, 0.4) is 0 Å². The molecule has 1 aliphatic carbocycles. The fourth-order valence-electron chi connectivity index (χ4n) is 1.93. The normalized spacial score (nSPS) is 17.9. The van der Waals surface area contributed by atoms with Crippen molar-refractivity contribution >= 4 is 5.69 Å². The van der Waals surface area contributed by atoms with E-state index in [1.165, 1.54) is 29.7 Å². The minimum atomic E-state index is 0.636. The number of rotatable bonds is 3. The van der Waals surface area contributed by atoms with Crippen LogP contribution in [0.2, 0.25) is 0 Å². The SMILES string of the molecule is Cc1ccc(NC(C)C2CC2)c(C)c1.